The lowest BCUT2D eigenvalue weighted by atomic mass is 9.40. The molecule has 5 atom stereocenters. The lowest BCUT2D eigenvalue weighted by molar-refractivity contribution is -0.164. The molecule has 0 radical (unpaired) electrons. The lowest BCUT2D eigenvalue weighted by Gasteiger charge is -2.63. The van der Waals surface area contributed by atoms with Crippen LogP contribution in [0.1, 0.15) is 65.7 Å². The molecule has 2 bridgehead atoms. The number of hydrogen-bond donors (Lipinski definition) is 1. The Morgan fingerprint density at radius 2 is 1.82 bits per heavy atom. The van der Waals surface area contributed by atoms with E-state index in [1.54, 1.807) is 0 Å². The molecule has 0 heterocycles. The molecule has 1 N–H and O–H groups in total. The summed E-state index contributed by atoms with van der Waals surface area (Å²) in [6.45, 7) is 7.18. The van der Waals surface area contributed by atoms with E-state index in [9.17, 15) is 9.90 Å². The standard InChI is InChI=1S/C20H30O2/c1-17(2)14-5-9-20-11-10-19(12-20,13-21)8-4-15(20)18(14,3)7-6-16(17)22/h10-11,14-15,21H,4-9,12-13H2,1-3H3/t14-,15+,18-,19+,20+/m1/s1. The summed E-state index contributed by atoms with van der Waals surface area (Å²) >= 11 is 0. The predicted octanol–water partition coefficient (Wildman–Crippen LogP) is 4.13. The van der Waals surface area contributed by atoms with Gasteiger partial charge in [0, 0.05) is 17.3 Å². The summed E-state index contributed by atoms with van der Waals surface area (Å²) in [6.07, 6.45) is 12.6. The van der Waals surface area contributed by atoms with E-state index in [4.69, 9.17) is 0 Å². The Labute approximate surface area is 134 Å². The van der Waals surface area contributed by atoms with Gasteiger partial charge in [0.25, 0.3) is 0 Å². The Balaban J connectivity index is 1.74. The summed E-state index contributed by atoms with van der Waals surface area (Å²) in [5, 5.41) is 9.87. The summed E-state index contributed by atoms with van der Waals surface area (Å²) in [4.78, 5) is 12.5. The van der Waals surface area contributed by atoms with E-state index >= 15 is 0 Å². The first-order valence-electron chi connectivity index (χ1n) is 9.13. The molecule has 0 aromatic carbocycles. The van der Waals surface area contributed by atoms with Crippen molar-refractivity contribution >= 4 is 5.78 Å². The summed E-state index contributed by atoms with van der Waals surface area (Å²) in [5.74, 6) is 1.71. The number of carbonyl (C=O) groups is 1. The van der Waals surface area contributed by atoms with Gasteiger partial charge >= 0.3 is 0 Å². The molecule has 0 amide bonds. The fourth-order valence-corrected chi connectivity index (χ4v) is 7.19. The van der Waals surface area contributed by atoms with Crippen LogP contribution in [-0.2, 0) is 4.79 Å². The fourth-order valence-electron chi connectivity index (χ4n) is 7.19. The van der Waals surface area contributed by atoms with E-state index in [-0.39, 0.29) is 10.8 Å². The van der Waals surface area contributed by atoms with Gasteiger partial charge in [-0.3, -0.25) is 4.79 Å². The van der Waals surface area contributed by atoms with E-state index < -0.39 is 0 Å². The number of aliphatic hydroxyl groups is 1. The highest BCUT2D eigenvalue weighted by Crippen LogP contribution is 2.71. The van der Waals surface area contributed by atoms with Crippen molar-refractivity contribution in [2.75, 3.05) is 6.61 Å². The van der Waals surface area contributed by atoms with Crippen molar-refractivity contribution in [3.63, 3.8) is 0 Å². The van der Waals surface area contributed by atoms with Gasteiger partial charge in [-0.2, -0.15) is 0 Å². The molecule has 0 aliphatic heterocycles. The van der Waals surface area contributed by atoms with Gasteiger partial charge in [-0.15, -0.1) is 0 Å². The first-order chi connectivity index (χ1) is 10.3. The highest BCUT2D eigenvalue weighted by molar-refractivity contribution is 5.85. The minimum absolute atomic E-state index is 0.0691. The van der Waals surface area contributed by atoms with Crippen LogP contribution in [0.2, 0.25) is 0 Å². The highest BCUT2D eigenvalue weighted by Gasteiger charge is 2.64. The predicted molar refractivity (Wildman–Crippen MR) is 87.3 cm³/mol. The average molecular weight is 302 g/mol. The molecule has 0 aromatic rings. The van der Waals surface area contributed by atoms with E-state index in [0.717, 1.165) is 25.7 Å². The van der Waals surface area contributed by atoms with Crippen molar-refractivity contribution < 1.29 is 9.90 Å². The molecule has 4 rings (SSSR count). The summed E-state index contributed by atoms with van der Waals surface area (Å²) < 4.78 is 0. The monoisotopic (exact) mass is 302 g/mol. The number of carbonyl (C=O) groups excluding carboxylic acids is 1. The molecule has 2 nitrogen and oxygen atoms in total. The molecular formula is C20H30O2. The Kier molecular flexibility index (Phi) is 2.89. The van der Waals surface area contributed by atoms with Gasteiger partial charge in [0.2, 0.25) is 0 Å². The molecular weight excluding hydrogens is 272 g/mol. The first-order valence-corrected chi connectivity index (χ1v) is 9.13. The summed E-state index contributed by atoms with van der Waals surface area (Å²) in [5.41, 5.74) is 0.525. The van der Waals surface area contributed by atoms with Crippen LogP contribution in [0.5, 0.6) is 0 Å². The van der Waals surface area contributed by atoms with Crippen molar-refractivity contribution in [2.45, 2.75) is 65.7 Å². The second kappa shape index (κ2) is 4.26. The van der Waals surface area contributed by atoms with Crippen LogP contribution in [0, 0.1) is 33.5 Å². The smallest absolute Gasteiger partial charge is 0.138 e. The van der Waals surface area contributed by atoms with Crippen molar-refractivity contribution in [3.05, 3.63) is 12.2 Å². The van der Waals surface area contributed by atoms with Gasteiger partial charge in [0.05, 0.1) is 6.61 Å². The second-order valence-corrected chi connectivity index (χ2v) is 9.60. The molecule has 4 aliphatic rings. The zero-order valence-electron chi connectivity index (χ0n) is 14.3. The quantitative estimate of drug-likeness (QED) is 0.740. The first kappa shape index (κ1) is 14.9. The maximum Gasteiger partial charge on any atom is 0.138 e. The third-order valence-electron chi connectivity index (χ3n) is 8.36. The van der Waals surface area contributed by atoms with Gasteiger partial charge in [-0.25, -0.2) is 0 Å². The number of ketones is 1. The lowest BCUT2D eigenvalue weighted by Crippen LogP contribution is -2.58. The van der Waals surface area contributed by atoms with Crippen LogP contribution in [0.3, 0.4) is 0 Å². The number of rotatable bonds is 1. The molecule has 0 aromatic heterocycles. The van der Waals surface area contributed by atoms with Gasteiger partial charge in [-0.1, -0.05) is 32.9 Å². The maximum atomic E-state index is 12.5. The maximum absolute atomic E-state index is 12.5. The molecule has 4 aliphatic carbocycles. The van der Waals surface area contributed by atoms with Crippen LogP contribution < -0.4 is 0 Å². The van der Waals surface area contributed by atoms with Crippen LogP contribution >= 0.6 is 0 Å². The highest BCUT2D eigenvalue weighted by atomic mass is 16.3. The number of allylic oxidation sites excluding steroid dienone is 1. The van der Waals surface area contributed by atoms with Gasteiger partial charge < -0.3 is 5.11 Å². The van der Waals surface area contributed by atoms with Crippen molar-refractivity contribution in [3.8, 4) is 0 Å². The molecule has 22 heavy (non-hydrogen) atoms. The van der Waals surface area contributed by atoms with E-state index in [1.165, 1.54) is 19.3 Å². The molecule has 2 heteroatoms. The van der Waals surface area contributed by atoms with E-state index in [1.807, 2.05) is 0 Å². The Bertz CT molecular complexity index is 548. The van der Waals surface area contributed by atoms with Crippen LogP contribution in [0.15, 0.2) is 12.2 Å². The zero-order chi connectivity index (χ0) is 15.8. The van der Waals surface area contributed by atoms with Gasteiger partial charge in [-0.05, 0) is 61.2 Å². The van der Waals surface area contributed by atoms with Crippen LogP contribution in [0.4, 0.5) is 0 Å². The van der Waals surface area contributed by atoms with Crippen LogP contribution in [0.25, 0.3) is 0 Å². The number of Topliss-reactive ketones (excluding diaryl/α,β-unsaturated/α-hetero) is 1. The SMILES string of the molecule is CC1(C)C(=O)CC[C@]2(C)[C@@H]1CC[C@@]13C=C[C@@](CO)(CC[C@H]12)C3. The molecule has 3 fully saturated rings. The topological polar surface area (TPSA) is 37.3 Å². The largest absolute Gasteiger partial charge is 0.395 e. The van der Waals surface area contributed by atoms with Crippen LogP contribution in [-0.4, -0.2) is 17.5 Å². The summed E-state index contributed by atoms with van der Waals surface area (Å²) in [6, 6.07) is 0. The van der Waals surface area contributed by atoms with E-state index in [0.29, 0.717) is 35.1 Å². The molecule has 0 saturated heterocycles. The fraction of sp³-hybridized carbons (Fsp3) is 0.850. The second-order valence-electron chi connectivity index (χ2n) is 9.60. The van der Waals surface area contributed by atoms with Gasteiger partial charge in [0.1, 0.15) is 5.78 Å². The molecule has 122 valence electrons. The third-order valence-corrected chi connectivity index (χ3v) is 8.36. The minimum atomic E-state index is -0.150. The Hall–Kier alpha value is -0.630. The van der Waals surface area contributed by atoms with Crippen molar-refractivity contribution in [2.24, 2.45) is 33.5 Å². The Morgan fingerprint density at radius 3 is 2.55 bits per heavy atom. The molecule has 0 unspecified atom stereocenters. The Morgan fingerprint density at radius 1 is 1.09 bits per heavy atom. The minimum Gasteiger partial charge on any atom is -0.395 e. The van der Waals surface area contributed by atoms with Gasteiger partial charge in [0.15, 0.2) is 0 Å². The number of fused-ring (bicyclic) bond motifs is 3. The number of aliphatic hydroxyl groups excluding tert-OH is 1. The zero-order valence-corrected chi connectivity index (χ0v) is 14.3. The normalized spacial score (nSPS) is 52.3. The molecule has 1 spiro atoms. The van der Waals surface area contributed by atoms with E-state index in [2.05, 4.69) is 32.9 Å². The van der Waals surface area contributed by atoms with Crippen molar-refractivity contribution in [1.29, 1.82) is 0 Å². The third kappa shape index (κ3) is 1.63. The summed E-state index contributed by atoms with van der Waals surface area (Å²) in [7, 11) is 0. The van der Waals surface area contributed by atoms with Crippen molar-refractivity contribution in [1.82, 2.24) is 0 Å². The number of hydrogen-bond acceptors (Lipinski definition) is 2. The molecule has 3 saturated carbocycles. The average Bonchev–Trinajstić information content (AvgIpc) is 2.76.